The van der Waals surface area contributed by atoms with Gasteiger partial charge in [0, 0.05) is 6.20 Å². The van der Waals surface area contributed by atoms with Gasteiger partial charge in [0.2, 0.25) is 5.91 Å². The summed E-state index contributed by atoms with van der Waals surface area (Å²) in [6.07, 6.45) is 1.88. The highest BCUT2D eigenvalue weighted by atomic mass is 79.9. The van der Waals surface area contributed by atoms with Crippen molar-refractivity contribution < 1.29 is 4.79 Å². The molecule has 1 heterocycles. The van der Waals surface area contributed by atoms with Crippen LogP contribution >= 0.6 is 15.9 Å². The van der Waals surface area contributed by atoms with E-state index < -0.39 is 0 Å². The Labute approximate surface area is 72.7 Å². The summed E-state index contributed by atoms with van der Waals surface area (Å²) >= 11 is 3.21. The van der Waals surface area contributed by atoms with Gasteiger partial charge in [-0.3, -0.25) is 4.79 Å². The molecule has 1 aromatic heterocycles. The Balaban J connectivity index is 2.86. The Kier molecular flexibility index (Phi) is 2.59. The van der Waals surface area contributed by atoms with Crippen LogP contribution in [0.5, 0.6) is 0 Å². The fraction of sp³-hybridized carbons (Fsp3) is 0.143. The van der Waals surface area contributed by atoms with Gasteiger partial charge >= 0.3 is 0 Å². The highest BCUT2D eigenvalue weighted by Gasteiger charge is 2.02. The summed E-state index contributed by atoms with van der Waals surface area (Å²) in [5, 5.41) is 0. The molecule has 0 aliphatic rings. The maximum absolute atomic E-state index is 10.5. The Bertz CT molecular complexity index is 275. The Morgan fingerprint density at radius 1 is 1.73 bits per heavy atom. The molecule has 1 amide bonds. The van der Waals surface area contributed by atoms with E-state index >= 15 is 0 Å². The normalized spacial score (nSPS) is 9.55. The van der Waals surface area contributed by atoms with Gasteiger partial charge in [-0.1, -0.05) is 6.07 Å². The molecule has 0 atom stereocenters. The smallest absolute Gasteiger partial charge is 0.221 e. The standard InChI is InChI=1S/C7H7BrN2O/c8-7-5(4-6(9)11)2-1-3-10-7/h1-3H,4H2,(H2,9,11). The minimum absolute atomic E-state index is 0.231. The highest BCUT2D eigenvalue weighted by molar-refractivity contribution is 9.10. The zero-order valence-electron chi connectivity index (χ0n) is 5.75. The predicted molar refractivity (Wildman–Crippen MR) is 44.8 cm³/mol. The molecule has 0 aromatic carbocycles. The number of amides is 1. The fourth-order valence-electron chi connectivity index (χ4n) is 0.739. The van der Waals surface area contributed by atoms with Gasteiger partial charge in [0.05, 0.1) is 6.42 Å². The molecular weight excluding hydrogens is 208 g/mol. The van der Waals surface area contributed by atoms with Crippen LogP contribution in [-0.2, 0) is 11.2 Å². The average molecular weight is 215 g/mol. The molecule has 0 bridgehead atoms. The highest BCUT2D eigenvalue weighted by Crippen LogP contribution is 2.12. The summed E-state index contributed by atoms with van der Waals surface area (Å²) in [5.41, 5.74) is 5.83. The van der Waals surface area contributed by atoms with E-state index in [0.29, 0.717) is 4.60 Å². The first-order chi connectivity index (χ1) is 5.20. The average Bonchev–Trinajstić information content (AvgIpc) is 1.93. The third kappa shape index (κ3) is 2.31. The van der Waals surface area contributed by atoms with Crippen LogP contribution in [0.25, 0.3) is 0 Å². The van der Waals surface area contributed by atoms with Gasteiger partial charge in [-0.15, -0.1) is 0 Å². The molecule has 0 fully saturated rings. The second-order valence-corrected chi connectivity index (χ2v) is 2.85. The van der Waals surface area contributed by atoms with Crippen LogP contribution in [0.2, 0.25) is 0 Å². The van der Waals surface area contributed by atoms with Crippen molar-refractivity contribution in [3.8, 4) is 0 Å². The van der Waals surface area contributed by atoms with Gasteiger partial charge in [0.15, 0.2) is 0 Å². The minimum atomic E-state index is -0.348. The van der Waals surface area contributed by atoms with Crippen molar-refractivity contribution in [2.75, 3.05) is 0 Å². The number of carbonyl (C=O) groups is 1. The van der Waals surface area contributed by atoms with Crippen LogP contribution in [0.3, 0.4) is 0 Å². The van der Waals surface area contributed by atoms with E-state index in [9.17, 15) is 4.79 Å². The van der Waals surface area contributed by atoms with Gasteiger partial charge in [-0.2, -0.15) is 0 Å². The van der Waals surface area contributed by atoms with Crippen LogP contribution in [0.4, 0.5) is 0 Å². The molecule has 0 aliphatic heterocycles. The summed E-state index contributed by atoms with van der Waals surface area (Å²) in [7, 11) is 0. The number of carbonyl (C=O) groups excluding carboxylic acids is 1. The molecule has 0 saturated heterocycles. The van der Waals surface area contributed by atoms with E-state index in [2.05, 4.69) is 20.9 Å². The lowest BCUT2D eigenvalue weighted by Gasteiger charge is -1.97. The van der Waals surface area contributed by atoms with Crippen LogP contribution < -0.4 is 5.73 Å². The van der Waals surface area contributed by atoms with Gasteiger partial charge in [-0.25, -0.2) is 4.98 Å². The van der Waals surface area contributed by atoms with Crippen molar-refractivity contribution in [3.63, 3.8) is 0 Å². The molecular formula is C7H7BrN2O. The zero-order valence-corrected chi connectivity index (χ0v) is 7.34. The molecule has 0 unspecified atom stereocenters. The lowest BCUT2D eigenvalue weighted by Crippen LogP contribution is -2.14. The third-order valence-electron chi connectivity index (χ3n) is 1.20. The van der Waals surface area contributed by atoms with Crippen molar-refractivity contribution in [2.45, 2.75) is 6.42 Å². The van der Waals surface area contributed by atoms with E-state index in [4.69, 9.17) is 5.73 Å². The summed E-state index contributed by atoms with van der Waals surface area (Å²) in [6.45, 7) is 0. The second kappa shape index (κ2) is 3.48. The number of aromatic nitrogens is 1. The number of hydrogen-bond donors (Lipinski definition) is 1. The fourth-order valence-corrected chi connectivity index (χ4v) is 1.13. The number of rotatable bonds is 2. The van der Waals surface area contributed by atoms with Crippen molar-refractivity contribution >= 4 is 21.8 Å². The van der Waals surface area contributed by atoms with Crippen molar-refractivity contribution in [3.05, 3.63) is 28.5 Å². The van der Waals surface area contributed by atoms with Gasteiger partial charge < -0.3 is 5.73 Å². The van der Waals surface area contributed by atoms with E-state index in [1.54, 1.807) is 12.3 Å². The van der Waals surface area contributed by atoms with E-state index in [1.165, 1.54) is 0 Å². The number of primary amides is 1. The first-order valence-corrected chi connectivity index (χ1v) is 3.87. The molecule has 11 heavy (non-hydrogen) atoms. The largest absolute Gasteiger partial charge is 0.369 e. The maximum Gasteiger partial charge on any atom is 0.221 e. The molecule has 4 heteroatoms. The first-order valence-electron chi connectivity index (χ1n) is 3.08. The zero-order chi connectivity index (χ0) is 8.27. The van der Waals surface area contributed by atoms with Crippen LogP contribution in [0.15, 0.2) is 22.9 Å². The lowest BCUT2D eigenvalue weighted by atomic mass is 10.2. The first kappa shape index (κ1) is 8.20. The molecule has 0 aliphatic carbocycles. The number of hydrogen-bond acceptors (Lipinski definition) is 2. The molecule has 0 saturated carbocycles. The van der Waals surface area contributed by atoms with Gasteiger partial charge in [-0.05, 0) is 27.6 Å². The number of pyridine rings is 1. The summed E-state index contributed by atoms with van der Waals surface area (Å²) in [6, 6.07) is 3.57. The molecule has 0 radical (unpaired) electrons. The molecule has 3 nitrogen and oxygen atoms in total. The predicted octanol–water partition coefficient (Wildman–Crippen LogP) is 0.872. The monoisotopic (exact) mass is 214 g/mol. The second-order valence-electron chi connectivity index (χ2n) is 2.10. The summed E-state index contributed by atoms with van der Waals surface area (Å²) in [4.78, 5) is 14.4. The van der Waals surface area contributed by atoms with E-state index in [-0.39, 0.29) is 12.3 Å². The topological polar surface area (TPSA) is 56.0 Å². The van der Waals surface area contributed by atoms with E-state index in [0.717, 1.165) is 5.56 Å². The van der Waals surface area contributed by atoms with Crippen LogP contribution in [-0.4, -0.2) is 10.9 Å². The SMILES string of the molecule is NC(=O)Cc1cccnc1Br. The van der Waals surface area contributed by atoms with Crippen molar-refractivity contribution in [1.29, 1.82) is 0 Å². The maximum atomic E-state index is 10.5. The van der Waals surface area contributed by atoms with Crippen molar-refractivity contribution in [2.24, 2.45) is 5.73 Å². The van der Waals surface area contributed by atoms with E-state index in [1.807, 2.05) is 6.07 Å². The Hall–Kier alpha value is -0.900. The van der Waals surface area contributed by atoms with Gasteiger partial charge in [0.1, 0.15) is 4.60 Å². The van der Waals surface area contributed by atoms with Gasteiger partial charge in [0.25, 0.3) is 0 Å². The number of halogens is 1. The number of nitrogens with zero attached hydrogens (tertiary/aromatic N) is 1. The summed E-state index contributed by atoms with van der Waals surface area (Å²) < 4.78 is 0.679. The molecule has 1 rings (SSSR count). The minimum Gasteiger partial charge on any atom is -0.369 e. The van der Waals surface area contributed by atoms with Crippen LogP contribution in [0, 0.1) is 0 Å². The molecule has 0 spiro atoms. The van der Waals surface area contributed by atoms with Crippen molar-refractivity contribution in [1.82, 2.24) is 4.98 Å². The van der Waals surface area contributed by atoms with Crippen LogP contribution in [0.1, 0.15) is 5.56 Å². The lowest BCUT2D eigenvalue weighted by molar-refractivity contribution is -0.117. The third-order valence-corrected chi connectivity index (χ3v) is 1.92. The Morgan fingerprint density at radius 3 is 3.00 bits per heavy atom. The number of nitrogens with two attached hydrogens (primary N) is 1. The molecule has 58 valence electrons. The molecule has 2 N–H and O–H groups in total. The summed E-state index contributed by atoms with van der Waals surface area (Å²) in [5.74, 6) is -0.348. The molecule has 1 aromatic rings. The Morgan fingerprint density at radius 2 is 2.45 bits per heavy atom. The quantitative estimate of drug-likeness (QED) is 0.744.